The summed E-state index contributed by atoms with van der Waals surface area (Å²) in [5.74, 6) is 0.139. The molecule has 25 heavy (non-hydrogen) atoms. The summed E-state index contributed by atoms with van der Waals surface area (Å²) in [4.78, 5) is 23.8. The van der Waals surface area contributed by atoms with Crippen LogP contribution >= 0.6 is 0 Å². The summed E-state index contributed by atoms with van der Waals surface area (Å²) in [5, 5.41) is 0. The number of hydrogen-bond donors (Lipinski definition) is 0. The molecule has 0 bridgehead atoms. The summed E-state index contributed by atoms with van der Waals surface area (Å²) < 4.78 is 15.8. The SMILES string of the molecule is Cc1cccc(OCC(=O)Oc2cccc(C(=O)OCC(C)C)c2)c1. The van der Waals surface area contributed by atoms with Crippen molar-refractivity contribution in [3.8, 4) is 11.5 Å². The van der Waals surface area contributed by atoms with Crippen molar-refractivity contribution >= 4 is 11.9 Å². The first kappa shape index (κ1) is 18.5. The number of benzene rings is 2. The number of carbonyl (C=O) groups is 2. The molecular weight excluding hydrogens is 320 g/mol. The number of hydrogen-bond acceptors (Lipinski definition) is 5. The number of esters is 2. The van der Waals surface area contributed by atoms with Crippen LogP contribution in [0.3, 0.4) is 0 Å². The van der Waals surface area contributed by atoms with Gasteiger partial charge in [-0.2, -0.15) is 0 Å². The molecule has 0 aliphatic heterocycles. The molecule has 0 heterocycles. The van der Waals surface area contributed by atoms with Crippen LogP contribution in [0.25, 0.3) is 0 Å². The molecule has 2 aromatic carbocycles. The second-order valence-corrected chi connectivity index (χ2v) is 6.10. The van der Waals surface area contributed by atoms with E-state index in [1.54, 1.807) is 24.3 Å². The lowest BCUT2D eigenvalue weighted by Gasteiger charge is -2.09. The van der Waals surface area contributed by atoms with Crippen molar-refractivity contribution < 1.29 is 23.8 Å². The van der Waals surface area contributed by atoms with Crippen LogP contribution in [0.1, 0.15) is 29.8 Å². The minimum atomic E-state index is -0.547. The molecule has 0 aliphatic rings. The Morgan fingerprint density at radius 2 is 1.72 bits per heavy atom. The Morgan fingerprint density at radius 1 is 1.00 bits per heavy atom. The summed E-state index contributed by atoms with van der Waals surface area (Å²) >= 11 is 0. The van der Waals surface area contributed by atoms with E-state index in [2.05, 4.69) is 0 Å². The minimum Gasteiger partial charge on any atom is -0.482 e. The number of rotatable bonds is 7. The Bertz CT molecular complexity index is 736. The average molecular weight is 342 g/mol. The van der Waals surface area contributed by atoms with Gasteiger partial charge in [0.2, 0.25) is 0 Å². The molecule has 2 rings (SSSR count). The first-order chi connectivity index (χ1) is 11.9. The third-order valence-electron chi connectivity index (χ3n) is 3.20. The molecule has 0 spiro atoms. The first-order valence-electron chi connectivity index (χ1n) is 8.11. The first-order valence-corrected chi connectivity index (χ1v) is 8.11. The number of carbonyl (C=O) groups excluding carboxylic acids is 2. The maximum Gasteiger partial charge on any atom is 0.349 e. The van der Waals surface area contributed by atoms with Crippen molar-refractivity contribution in [3.05, 3.63) is 59.7 Å². The maximum atomic E-state index is 11.9. The molecule has 0 fully saturated rings. The lowest BCUT2D eigenvalue weighted by atomic mass is 10.2. The van der Waals surface area contributed by atoms with Gasteiger partial charge in [-0.3, -0.25) is 0 Å². The lowest BCUT2D eigenvalue weighted by Crippen LogP contribution is -2.18. The Hall–Kier alpha value is -2.82. The fourth-order valence-electron chi connectivity index (χ4n) is 2.02. The largest absolute Gasteiger partial charge is 0.482 e. The quantitative estimate of drug-likeness (QED) is 0.566. The van der Waals surface area contributed by atoms with E-state index in [0.717, 1.165) is 5.56 Å². The van der Waals surface area contributed by atoms with Crippen LogP contribution < -0.4 is 9.47 Å². The highest BCUT2D eigenvalue weighted by Crippen LogP contribution is 2.16. The molecule has 0 aromatic heterocycles. The van der Waals surface area contributed by atoms with Crippen LogP contribution in [-0.4, -0.2) is 25.2 Å². The van der Waals surface area contributed by atoms with Crippen molar-refractivity contribution in [1.29, 1.82) is 0 Å². The van der Waals surface area contributed by atoms with Gasteiger partial charge >= 0.3 is 11.9 Å². The topological polar surface area (TPSA) is 61.8 Å². The Kier molecular flexibility index (Phi) is 6.57. The van der Waals surface area contributed by atoms with Gasteiger partial charge in [-0.1, -0.05) is 32.0 Å². The van der Waals surface area contributed by atoms with E-state index in [9.17, 15) is 9.59 Å². The zero-order valence-corrected chi connectivity index (χ0v) is 14.7. The van der Waals surface area contributed by atoms with Gasteiger partial charge in [-0.25, -0.2) is 9.59 Å². The standard InChI is InChI=1S/C20H22O5/c1-14(2)12-24-20(22)16-7-5-9-18(11-16)25-19(21)13-23-17-8-4-6-15(3)10-17/h4-11,14H,12-13H2,1-3H3. The zero-order chi connectivity index (χ0) is 18.2. The van der Waals surface area contributed by atoms with Gasteiger partial charge in [-0.05, 0) is 48.7 Å². The molecule has 0 amide bonds. The highest BCUT2D eigenvalue weighted by molar-refractivity contribution is 5.90. The van der Waals surface area contributed by atoms with E-state index in [0.29, 0.717) is 17.9 Å². The van der Waals surface area contributed by atoms with Crippen molar-refractivity contribution in [2.24, 2.45) is 5.92 Å². The molecule has 0 radical (unpaired) electrons. The summed E-state index contributed by atoms with van der Waals surface area (Å²) in [7, 11) is 0. The van der Waals surface area contributed by atoms with E-state index < -0.39 is 11.9 Å². The van der Waals surface area contributed by atoms with Gasteiger partial charge in [0, 0.05) is 0 Å². The summed E-state index contributed by atoms with van der Waals surface area (Å²) in [6.45, 7) is 5.98. The van der Waals surface area contributed by atoms with E-state index in [1.807, 2.05) is 39.0 Å². The normalized spacial score (nSPS) is 10.4. The van der Waals surface area contributed by atoms with Crippen LogP contribution in [-0.2, 0) is 9.53 Å². The van der Waals surface area contributed by atoms with Crippen LogP contribution in [0.4, 0.5) is 0 Å². The van der Waals surface area contributed by atoms with Crippen LogP contribution in [0.15, 0.2) is 48.5 Å². The van der Waals surface area contributed by atoms with E-state index in [4.69, 9.17) is 14.2 Å². The second-order valence-electron chi connectivity index (χ2n) is 6.10. The molecule has 132 valence electrons. The fourth-order valence-corrected chi connectivity index (χ4v) is 2.02. The van der Waals surface area contributed by atoms with Gasteiger partial charge < -0.3 is 14.2 Å². The Labute approximate surface area is 147 Å². The van der Waals surface area contributed by atoms with Gasteiger partial charge in [0.05, 0.1) is 12.2 Å². The van der Waals surface area contributed by atoms with Gasteiger partial charge in [0.1, 0.15) is 11.5 Å². The van der Waals surface area contributed by atoms with E-state index in [-0.39, 0.29) is 18.3 Å². The van der Waals surface area contributed by atoms with E-state index >= 15 is 0 Å². The molecule has 0 saturated heterocycles. The molecule has 5 heteroatoms. The van der Waals surface area contributed by atoms with Crippen LogP contribution in [0.2, 0.25) is 0 Å². The highest BCUT2D eigenvalue weighted by atomic mass is 16.6. The second kappa shape index (κ2) is 8.87. The lowest BCUT2D eigenvalue weighted by molar-refractivity contribution is -0.136. The molecule has 0 aliphatic carbocycles. The predicted octanol–water partition coefficient (Wildman–Crippen LogP) is 3.79. The zero-order valence-electron chi connectivity index (χ0n) is 14.7. The van der Waals surface area contributed by atoms with Gasteiger partial charge in [-0.15, -0.1) is 0 Å². The molecule has 0 atom stereocenters. The predicted molar refractivity (Wildman–Crippen MR) is 93.9 cm³/mol. The van der Waals surface area contributed by atoms with Crippen molar-refractivity contribution in [1.82, 2.24) is 0 Å². The van der Waals surface area contributed by atoms with Crippen LogP contribution in [0, 0.1) is 12.8 Å². The molecule has 5 nitrogen and oxygen atoms in total. The average Bonchev–Trinajstić information content (AvgIpc) is 2.58. The summed E-state index contributed by atoms with van der Waals surface area (Å²) in [6.07, 6.45) is 0. The third-order valence-corrected chi connectivity index (χ3v) is 3.20. The maximum absolute atomic E-state index is 11.9. The molecule has 0 saturated carbocycles. The number of aryl methyl sites for hydroxylation is 1. The van der Waals surface area contributed by atoms with Crippen molar-refractivity contribution in [2.45, 2.75) is 20.8 Å². The highest BCUT2D eigenvalue weighted by Gasteiger charge is 2.11. The van der Waals surface area contributed by atoms with Crippen molar-refractivity contribution in [3.63, 3.8) is 0 Å². The minimum absolute atomic E-state index is 0.217. The molecule has 0 N–H and O–H groups in total. The monoisotopic (exact) mass is 342 g/mol. The summed E-state index contributed by atoms with van der Waals surface area (Å²) in [5.41, 5.74) is 1.38. The summed E-state index contributed by atoms with van der Waals surface area (Å²) in [6, 6.07) is 13.7. The van der Waals surface area contributed by atoms with Crippen LogP contribution in [0.5, 0.6) is 11.5 Å². The molecule has 2 aromatic rings. The molecule has 0 unspecified atom stereocenters. The van der Waals surface area contributed by atoms with E-state index in [1.165, 1.54) is 6.07 Å². The number of ether oxygens (including phenoxy) is 3. The smallest absolute Gasteiger partial charge is 0.349 e. The van der Waals surface area contributed by atoms with Gasteiger partial charge in [0.15, 0.2) is 6.61 Å². The van der Waals surface area contributed by atoms with Crippen molar-refractivity contribution in [2.75, 3.05) is 13.2 Å². The van der Waals surface area contributed by atoms with Gasteiger partial charge in [0.25, 0.3) is 0 Å². The fraction of sp³-hybridized carbons (Fsp3) is 0.300. The Morgan fingerprint density at radius 3 is 2.44 bits per heavy atom. The third kappa shape index (κ3) is 6.30. The Balaban J connectivity index is 1.90. The molecular formula is C20H22O5.